The lowest BCUT2D eigenvalue weighted by molar-refractivity contribution is 0.0512. The predicted molar refractivity (Wildman–Crippen MR) is 116 cm³/mol. The van der Waals surface area contributed by atoms with Crippen LogP contribution in [0.1, 0.15) is 38.0 Å². The second-order valence-corrected chi connectivity index (χ2v) is 8.43. The minimum absolute atomic E-state index is 0.00549. The van der Waals surface area contributed by atoms with Crippen molar-refractivity contribution >= 4 is 27.7 Å². The van der Waals surface area contributed by atoms with Gasteiger partial charge in [0.1, 0.15) is 0 Å². The van der Waals surface area contributed by atoms with Crippen molar-refractivity contribution in [1.29, 1.82) is 0 Å². The molecule has 1 aromatic carbocycles. The molecule has 0 unspecified atom stereocenters. The van der Waals surface area contributed by atoms with Gasteiger partial charge in [-0.15, -0.1) is 0 Å². The molecular formula is C22H23BrN4O3. The zero-order chi connectivity index (χ0) is 21.4. The molecule has 1 saturated heterocycles. The first-order valence-electron chi connectivity index (χ1n) is 9.82. The van der Waals surface area contributed by atoms with Crippen LogP contribution in [0.15, 0.2) is 45.4 Å². The molecule has 0 aliphatic carbocycles. The molecule has 3 heterocycles. The Hall–Kier alpha value is -2.87. The van der Waals surface area contributed by atoms with Gasteiger partial charge < -0.3 is 18.9 Å². The van der Waals surface area contributed by atoms with E-state index in [0.717, 1.165) is 21.5 Å². The summed E-state index contributed by atoms with van der Waals surface area (Å²) in [5.74, 6) is 0.0514. The fraction of sp³-hybridized carbons (Fsp3) is 0.318. The van der Waals surface area contributed by atoms with Gasteiger partial charge in [-0.2, -0.15) is 0 Å². The standard InChI is InChI=1S/C22H23BrN4O3/c1-14-12-20(30-24-14)22(29)26-10-8-25(9-11-26)21(28)19-13-15(2)27(16(19)3)18-6-4-17(23)5-7-18/h4-7,12-13H,8-11H2,1-3H3. The summed E-state index contributed by atoms with van der Waals surface area (Å²) in [6.07, 6.45) is 0. The smallest absolute Gasteiger partial charge is 0.292 e. The van der Waals surface area contributed by atoms with Crippen LogP contribution in [0.2, 0.25) is 0 Å². The maximum absolute atomic E-state index is 13.2. The van der Waals surface area contributed by atoms with Crippen LogP contribution in [-0.4, -0.2) is 57.5 Å². The Morgan fingerprint density at radius 3 is 2.10 bits per heavy atom. The maximum Gasteiger partial charge on any atom is 0.292 e. The summed E-state index contributed by atoms with van der Waals surface area (Å²) >= 11 is 3.46. The second kappa shape index (κ2) is 8.10. The molecule has 0 radical (unpaired) electrons. The summed E-state index contributed by atoms with van der Waals surface area (Å²) in [6, 6.07) is 11.6. The molecule has 0 atom stereocenters. The molecular weight excluding hydrogens is 448 g/mol. The first kappa shape index (κ1) is 20.4. The Morgan fingerprint density at radius 1 is 0.933 bits per heavy atom. The lowest BCUT2D eigenvalue weighted by Gasteiger charge is -2.34. The van der Waals surface area contributed by atoms with Crippen LogP contribution >= 0.6 is 15.9 Å². The third kappa shape index (κ3) is 3.79. The molecule has 3 aromatic rings. The summed E-state index contributed by atoms with van der Waals surface area (Å²) in [5.41, 5.74) is 4.31. The topological polar surface area (TPSA) is 71.6 Å². The highest BCUT2D eigenvalue weighted by Crippen LogP contribution is 2.24. The molecule has 2 amide bonds. The van der Waals surface area contributed by atoms with E-state index in [4.69, 9.17) is 4.52 Å². The number of carbonyl (C=O) groups is 2. The molecule has 0 bridgehead atoms. The predicted octanol–water partition coefficient (Wildman–Crippen LogP) is 3.75. The van der Waals surface area contributed by atoms with E-state index >= 15 is 0 Å². The number of aromatic nitrogens is 2. The monoisotopic (exact) mass is 470 g/mol. The first-order chi connectivity index (χ1) is 14.3. The van der Waals surface area contributed by atoms with E-state index in [1.54, 1.807) is 17.9 Å². The number of aryl methyl sites for hydroxylation is 2. The number of hydrogen-bond donors (Lipinski definition) is 0. The molecule has 7 nitrogen and oxygen atoms in total. The van der Waals surface area contributed by atoms with Gasteiger partial charge in [-0.05, 0) is 51.1 Å². The van der Waals surface area contributed by atoms with Crippen molar-refractivity contribution in [2.75, 3.05) is 26.2 Å². The summed E-state index contributed by atoms with van der Waals surface area (Å²) in [6.45, 7) is 7.66. The van der Waals surface area contributed by atoms with Crippen molar-refractivity contribution in [2.45, 2.75) is 20.8 Å². The molecule has 156 valence electrons. The molecule has 1 fully saturated rings. The minimum Gasteiger partial charge on any atom is -0.351 e. The highest BCUT2D eigenvalue weighted by atomic mass is 79.9. The highest BCUT2D eigenvalue weighted by molar-refractivity contribution is 9.10. The number of piperazine rings is 1. The highest BCUT2D eigenvalue weighted by Gasteiger charge is 2.29. The Morgan fingerprint density at radius 2 is 1.53 bits per heavy atom. The number of hydrogen-bond acceptors (Lipinski definition) is 4. The Labute approximate surface area is 183 Å². The summed E-state index contributed by atoms with van der Waals surface area (Å²) in [7, 11) is 0. The van der Waals surface area contributed by atoms with E-state index in [1.807, 2.05) is 49.1 Å². The van der Waals surface area contributed by atoms with Gasteiger partial charge in [0.15, 0.2) is 0 Å². The summed E-state index contributed by atoms with van der Waals surface area (Å²) < 4.78 is 8.18. The fourth-order valence-corrected chi connectivity index (χ4v) is 4.13. The molecule has 1 aliphatic rings. The van der Waals surface area contributed by atoms with Crippen LogP contribution in [0, 0.1) is 20.8 Å². The zero-order valence-electron chi connectivity index (χ0n) is 17.2. The third-order valence-corrected chi connectivity index (χ3v) is 5.97. The lowest BCUT2D eigenvalue weighted by atomic mass is 10.2. The molecule has 0 spiro atoms. The number of amides is 2. The first-order valence-corrected chi connectivity index (χ1v) is 10.6. The van der Waals surface area contributed by atoms with Crippen LogP contribution in [0.4, 0.5) is 0 Å². The molecule has 0 saturated carbocycles. The molecule has 8 heteroatoms. The third-order valence-electron chi connectivity index (χ3n) is 5.44. The number of benzene rings is 1. The fourth-order valence-electron chi connectivity index (χ4n) is 3.87. The quantitative estimate of drug-likeness (QED) is 0.584. The number of carbonyl (C=O) groups excluding carboxylic acids is 2. The van der Waals surface area contributed by atoms with Crippen LogP contribution in [0.5, 0.6) is 0 Å². The number of halogens is 1. The molecule has 30 heavy (non-hydrogen) atoms. The number of nitrogens with zero attached hydrogens (tertiary/aromatic N) is 4. The second-order valence-electron chi connectivity index (χ2n) is 7.51. The van der Waals surface area contributed by atoms with Crippen molar-refractivity contribution in [1.82, 2.24) is 19.5 Å². The Kier molecular flexibility index (Phi) is 5.51. The average Bonchev–Trinajstić information content (AvgIpc) is 3.31. The van der Waals surface area contributed by atoms with Gasteiger partial charge in [0, 0.05) is 53.8 Å². The normalized spacial score (nSPS) is 14.3. The summed E-state index contributed by atoms with van der Waals surface area (Å²) in [5, 5.41) is 3.77. The van der Waals surface area contributed by atoms with Crippen LogP contribution in [0.25, 0.3) is 5.69 Å². The van der Waals surface area contributed by atoms with Crippen molar-refractivity contribution in [3.8, 4) is 5.69 Å². The number of rotatable bonds is 3. The van der Waals surface area contributed by atoms with Crippen LogP contribution in [0.3, 0.4) is 0 Å². The molecule has 0 N–H and O–H groups in total. The Bertz CT molecular complexity index is 1090. The molecule has 1 aliphatic heterocycles. The van der Waals surface area contributed by atoms with Gasteiger partial charge >= 0.3 is 0 Å². The molecule has 2 aromatic heterocycles. The summed E-state index contributed by atoms with van der Waals surface area (Å²) in [4.78, 5) is 29.2. The van der Waals surface area contributed by atoms with E-state index in [1.165, 1.54) is 0 Å². The van der Waals surface area contributed by atoms with Crippen molar-refractivity contribution in [2.24, 2.45) is 0 Å². The van der Waals surface area contributed by atoms with E-state index in [2.05, 4.69) is 25.7 Å². The zero-order valence-corrected chi connectivity index (χ0v) is 18.8. The van der Waals surface area contributed by atoms with Crippen LogP contribution < -0.4 is 0 Å². The van der Waals surface area contributed by atoms with E-state index in [-0.39, 0.29) is 17.6 Å². The van der Waals surface area contributed by atoms with Crippen molar-refractivity contribution < 1.29 is 14.1 Å². The van der Waals surface area contributed by atoms with Gasteiger partial charge in [0.05, 0.1) is 11.3 Å². The van der Waals surface area contributed by atoms with Crippen LogP contribution in [-0.2, 0) is 0 Å². The maximum atomic E-state index is 13.2. The van der Waals surface area contributed by atoms with E-state index in [9.17, 15) is 9.59 Å². The largest absolute Gasteiger partial charge is 0.351 e. The van der Waals surface area contributed by atoms with Gasteiger partial charge in [-0.1, -0.05) is 21.1 Å². The van der Waals surface area contributed by atoms with Gasteiger partial charge in [-0.25, -0.2) is 0 Å². The van der Waals surface area contributed by atoms with Crippen molar-refractivity contribution in [3.05, 3.63) is 69.3 Å². The average molecular weight is 471 g/mol. The van der Waals surface area contributed by atoms with Gasteiger partial charge in [-0.3, -0.25) is 9.59 Å². The van der Waals surface area contributed by atoms with Crippen molar-refractivity contribution in [3.63, 3.8) is 0 Å². The Balaban J connectivity index is 1.48. The SMILES string of the molecule is Cc1cc(C(=O)N2CCN(C(=O)c3cc(C)n(-c4ccc(Br)cc4)c3C)CC2)on1. The van der Waals surface area contributed by atoms with E-state index in [0.29, 0.717) is 37.4 Å². The van der Waals surface area contributed by atoms with Gasteiger partial charge in [0.25, 0.3) is 11.8 Å². The lowest BCUT2D eigenvalue weighted by Crippen LogP contribution is -2.50. The molecule has 4 rings (SSSR count). The van der Waals surface area contributed by atoms with Gasteiger partial charge in [0.2, 0.25) is 5.76 Å². The minimum atomic E-state index is -0.184. The van der Waals surface area contributed by atoms with E-state index < -0.39 is 0 Å².